The second kappa shape index (κ2) is 50.2. The van der Waals surface area contributed by atoms with E-state index in [0.29, 0.717) is 13.0 Å². The van der Waals surface area contributed by atoms with Gasteiger partial charge in [-0.3, -0.25) is 9.35 Å². The highest BCUT2D eigenvalue weighted by Gasteiger charge is 2.48. The largest absolute Gasteiger partial charge is 0.457 e. The van der Waals surface area contributed by atoms with E-state index in [1.807, 2.05) is 0 Å². The summed E-state index contributed by atoms with van der Waals surface area (Å²) in [6.07, 6.45) is 53.3. The molecule has 0 spiro atoms. The van der Waals surface area contributed by atoms with Crippen molar-refractivity contribution in [3.05, 3.63) is 36.5 Å². The Morgan fingerprint density at radius 1 is 0.528 bits per heavy atom. The molecule has 12 nitrogen and oxygen atoms in total. The SMILES string of the molecule is CCCCCCC/C=C\C/C=C\C/C=C\CCCCCCCCCOCC(COC1OC(CO)C(O)C(OS(=O)(=O)O)C1O)OC(=O)CCCCCCCCCCCCCCCCCCCCCCCCC. The van der Waals surface area contributed by atoms with Crippen LogP contribution < -0.4 is 0 Å². The second-order valence-electron chi connectivity index (χ2n) is 20.6. The molecule has 1 saturated heterocycles. The molecule has 0 aromatic rings. The number of ether oxygens (including phenoxy) is 4. The fourth-order valence-corrected chi connectivity index (χ4v) is 9.78. The molecule has 72 heavy (non-hydrogen) atoms. The van der Waals surface area contributed by atoms with Crippen LogP contribution in [0.4, 0.5) is 0 Å². The van der Waals surface area contributed by atoms with Crippen LogP contribution in [0.1, 0.15) is 271 Å². The van der Waals surface area contributed by atoms with Gasteiger partial charge in [0.15, 0.2) is 6.29 Å². The van der Waals surface area contributed by atoms with E-state index < -0.39 is 59.8 Å². The van der Waals surface area contributed by atoms with Gasteiger partial charge in [-0.25, -0.2) is 4.18 Å². The van der Waals surface area contributed by atoms with Gasteiger partial charge in [-0.15, -0.1) is 0 Å². The maximum atomic E-state index is 13.0. The molecule has 1 heterocycles. The number of allylic oxidation sites excluding steroid dienone is 6. The van der Waals surface area contributed by atoms with E-state index in [1.165, 1.54) is 186 Å². The van der Waals surface area contributed by atoms with E-state index in [1.54, 1.807) is 0 Å². The van der Waals surface area contributed by atoms with Gasteiger partial charge in [-0.2, -0.15) is 8.42 Å². The standard InChI is InChI=1S/C59H110O12S/c1-3-5-7-9-11-13-15-17-19-21-23-25-27-28-30-32-34-36-38-40-42-44-46-48-55(61)69-53(52-68-59-57(63)58(71-72(64,65)66)56(62)54(50-60)70-59)51-67-49-47-45-43-41-39-37-35-33-31-29-26-24-22-20-18-16-14-12-10-8-6-4-2/h16,18,22,24,29,31,53-54,56-60,62-63H,3-15,17,19-21,23,25-28,30,32-52H2,1-2H3,(H,64,65,66)/b18-16-,24-22-,31-29-. The van der Waals surface area contributed by atoms with Crippen molar-refractivity contribution in [1.82, 2.24) is 0 Å². The molecule has 1 rings (SSSR count). The molecule has 1 aliphatic rings. The quantitative estimate of drug-likeness (QED) is 0.0196. The molecule has 424 valence electrons. The summed E-state index contributed by atoms with van der Waals surface area (Å²) in [5, 5.41) is 30.9. The summed E-state index contributed by atoms with van der Waals surface area (Å²) in [5.74, 6) is -0.397. The van der Waals surface area contributed by atoms with Crippen molar-refractivity contribution in [2.45, 2.75) is 307 Å². The van der Waals surface area contributed by atoms with Gasteiger partial charge in [-0.05, 0) is 51.4 Å². The minimum atomic E-state index is -5.07. The molecule has 0 amide bonds. The summed E-state index contributed by atoms with van der Waals surface area (Å²) in [6.45, 7) is 4.01. The van der Waals surface area contributed by atoms with Crippen LogP contribution in [-0.2, 0) is 38.3 Å². The van der Waals surface area contributed by atoms with Crippen LogP contribution in [0.5, 0.6) is 0 Å². The fraction of sp³-hybridized carbons (Fsp3) is 0.881. The molecule has 6 unspecified atom stereocenters. The second-order valence-corrected chi connectivity index (χ2v) is 21.6. The van der Waals surface area contributed by atoms with Gasteiger partial charge in [0.25, 0.3) is 0 Å². The smallest absolute Gasteiger partial charge is 0.397 e. The molecule has 0 radical (unpaired) electrons. The van der Waals surface area contributed by atoms with Crippen molar-refractivity contribution in [2.24, 2.45) is 0 Å². The molecule has 0 aromatic carbocycles. The first-order chi connectivity index (χ1) is 35.1. The average Bonchev–Trinajstić information content (AvgIpc) is 3.36. The summed E-state index contributed by atoms with van der Waals surface area (Å²) in [6, 6.07) is 0. The average molecular weight is 1040 g/mol. The lowest BCUT2D eigenvalue weighted by Gasteiger charge is -2.41. The third-order valence-electron chi connectivity index (χ3n) is 13.8. The van der Waals surface area contributed by atoms with Crippen molar-refractivity contribution < 1.29 is 56.2 Å². The van der Waals surface area contributed by atoms with Crippen LogP contribution in [0.2, 0.25) is 0 Å². The summed E-state index contributed by atoms with van der Waals surface area (Å²) in [5.41, 5.74) is 0. The molecule has 1 fully saturated rings. The highest BCUT2D eigenvalue weighted by Crippen LogP contribution is 2.26. The zero-order chi connectivity index (χ0) is 52.4. The van der Waals surface area contributed by atoms with Crippen LogP contribution in [0.3, 0.4) is 0 Å². The van der Waals surface area contributed by atoms with E-state index in [2.05, 4.69) is 54.5 Å². The Labute approximate surface area is 441 Å². The number of aliphatic hydroxyl groups is 3. The van der Waals surface area contributed by atoms with Crippen LogP contribution >= 0.6 is 0 Å². The lowest BCUT2D eigenvalue weighted by atomic mass is 9.99. The van der Waals surface area contributed by atoms with E-state index in [0.717, 1.165) is 57.8 Å². The molecule has 13 heteroatoms. The third-order valence-corrected chi connectivity index (χ3v) is 14.2. The molecular weight excluding hydrogens is 933 g/mol. The highest BCUT2D eigenvalue weighted by molar-refractivity contribution is 7.80. The Morgan fingerprint density at radius 3 is 1.33 bits per heavy atom. The minimum absolute atomic E-state index is 0.0323. The first kappa shape index (κ1) is 68.3. The predicted molar refractivity (Wildman–Crippen MR) is 294 cm³/mol. The first-order valence-corrected chi connectivity index (χ1v) is 31.1. The Morgan fingerprint density at radius 2 is 0.917 bits per heavy atom. The Hall–Kier alpha value is -1.68. The highest BCUT2D eigenvalue weighted by atomic mass is 32.3. The number of carbonyl (C=O) groups excluding carboxylic acids is 1. The summed E-state index contributed by atoms with van der Waals surface area (Å²) < 4.78 is 59.5. The van der Waals surface area contributed by atoms with E-state index in [9.17, 15) is 33.1 Å². The summed E-state index contributed by atoms with van der Waals surface area (Å²) in [7, 11) is -5.07. The lowest BCUT2D eigenvalue weighted by molar-refractivity contribution is -0.301. The maximum absolute atomic E-state index is 13.0. The zero-order valence-electron chi connectivity index (χ0n) is 46.0. The van der Waals surface area contributed by atoms with Crippen molar-refractivity contribution >= 4 is 16.4 Å². The van der Waals surface area contributed by atoms with Gasteiger partial charge in [0, 0.05) is 13.0 Å². The summed E-state index contributed by atoms with van der Waals surface area (Å²) in [4.78, 5) is 13.0. The summed E-state index contributed by atoms with van der Waals surface area (Å²) >= 11 is 0. The van der Waals surface area contributed by atoms with Gasteiger partial charge in [0.1, 0.15) is 30.5 Å². The molecule has 1 aliphatic heterocycles. The van der Waals surface area contributed by atoms with Crippen molar-refractivity contribution in [3.63, 3.8) is 0 Å². The number of esters is 1. The van der Waals surface area contributed by atoms with Crippen LogP contribution in [0.15, 0.2) is 36.5 Å². The number of aliphatic hydroxyl groups excluding tert-OH is 3. The topological polar surface area (TPSA) is 178 Å². The molecule has 0 bridgehead atoms. The molecule has 0 aromatic heterocycles. The zero-order valence-corrected chi connectivity index (χ0v) is 46.8. The van der Waals surface area contributed by atoms with Gasteiger partial charge in [0.2, 0.25) is 0 Å². The van der Waals surface area contributed by atoms with Crippen molar-refractivity contribution in [2.75, 3.05) is 26.4 Å². The predicted octanol–water partition coefficient (Wildman–Crippen LogP) is 14.9. The first-order valence-electron chi connectivity index (χ1n) is 29.7. The molecule has 4 N–H and O–H groups in total. The monoisotopic (exact) mass is 1040 g/mol. The Balaban J connectivity index is 2.29. The van der Waals surface area contributed by atoms with E-state index in [-0.39, 0.29) is 19.6 Å². The number of rotatable bonds is 53. The van der Waals surface area contributed by atoms with Crippen molar-refractivity contribution in [3.8, 4) is 0 Å². The fourth-order valence-electron chi connectivity index (χ4n) is 9.27. The van der Waals surface area contributed by atoms with E-state index >= 15 is 0 Å². The lowest BCUT2D eigenvalue weighted by Crippen LogP contribution is -2.60. The number of hydrogen-bond acceptors (Lipinski definition) is 11. The van der Waals surface area contributed by atoms with Crippen molar-refractivity contribution in [1.29, 1.82) is 0 Å². The molecule has 0 aliphatic carbocycles. The van der Waals surface area contributed by atoms with E-state index in [4.69, 9.17) is 18.9 Å². The van der Waals surface area contributed by atoms with Gasteiger partial charge in [0.05, 0.1) is 19.8 Å². The van der Waals surface area contributed by atoms with Gasteiger partial charge in [-0.1, -0.05) is 249 Å². The minimum Gasteiger partial charge on any atom is -0.457 e. The Bertz CT molecular complexity index is 1390. The normalized spacial score (nSPS) is 19.1. The van der Waals surface area contributed by atoms with Crippen LogP contribution in [0, 0.1) is 0 Å². The third kappa shape index (κ3) is 42.5. The molecule has 0 saturated carbocycles. The van der Waals surface area contributed by atoms with Gasteiger partial charge >= 0.3 is 16.4 Å². The molecular formula is C59H110O12S. The Kier molecular flexibility index (Phi) is 47.6. The van der Waals surface area contributed by atoms with Crippen LogP contribution in [-0.4, -0.2) is 97.5 Å². The van der Waals surface area contributed by atoms with Gasteiger partial charge < -0.3 is 34.3 Å². The number of unbranched alkanes of at least 4 members (excludes halogenated alkanes) is 34. The molecule has 6 atom stereocenters. The number of hydrogen-bond donors (Lipinski definition) is 4. The number of carbonyl (C=O) groups is 1. The maximum Gasteiger partial charge on any atom is 0.397 e. The van der Waals surface area contributed by atoms with Crippen LogP contribution in [0.25, 0.3) is 0 Å².